The SMILES string of the molecule is COCCC(C)(C=O)N(C)C(=O)OC(C)(C)C. The molecule has 1 amide bonds. The van der Waals surface area contributed by atoms with Crippen molar-refractivity contribution in [3.05, 3.63) is 0 Å². The molecule has 5 heteroatoms. The lowest BCUT2D eigenvalue weighted by Gasteiger charge is -2.35. The van der Waals surface area contributed by atoms with Gasteiger partial charge in [-0.3, -0.25) is 4.90 Å². The van der Waals surface area contributed by atoms with E-state index >= 15 is 0 Å². The van der Waals surface area contributed by atoms with Crippen LogP contribution in [0.25, 0.3) is 0 Å². The van der Waals surface area contributed by atoms with Crippen molar-refractivity contribution in [3.8, 4) is 0 Å². The highest BCUT2D eigenvalue weighted by atomic mass is 16.6. The van der Waals surface area contributed by atoms with Gasteiger partial charge in [-0.15, -0.1) is 0 Å². The largest absolute Gasteiger partial charge is 0.444 e. The molecule has 0 aliphatic rings. The summed E-state index contributed by atoms with van der Waals surface area (Å²) in [5, 5.41) is 0. The van der Waals surface area contributed by atoms with Crippen LogP contribution in [0.1, 0.15) is 34.1 Å². The number of nitrogens with zero attached hydrogens (tertiary/aromatic N) is 1. The third-order valence-corrected chi connectivity index (χ3v) is 2.50. The molecule has 0 aliphatic carbocycles. The van der Waals surface area contributed by atoms with Gasteiger partial charge in [0.1, 0.15) is 17.4 Å². The van der Waals surface area contributed by atoms with Crippen LogP contribution in [0.5, 0.6) is 0 Å². The van der Waals surface area contributed by atoms with Crippen molar-refractivity contribution in [2.45, 2.75) is 45.3 Å². The van der Waals surface area contributed by atoms with Gasteiger partial charge in [-0.25, -0.2) is 4.79 Å². The number of hydrogen-bond donors (Lipinski definition) is 0. The lowest BCUT2D eigenvalue weighted by atomic mass is 9.99. The molecule has 0 aromatic heterocycles. The average molecular weight is 245 g/mol. The first kappa shape index (κ1) is 15.9. The van der Waals surface area contributed by atoms with Gasteiger partial charge in [-0.05, 0) is 27.7 Å². The van der Waals surface area contributed by atoms with Gasteiger partial charge in [0.05, 0.1) is 0 Å². The van der Waals surface area contributed by atoms with Crippen LogP contribution >= 0.6 is 0 Å². The van der Waals surface area contributed by atoms with E-state index in [1.807, 2.05) is 0 Å². The van der Waals surface area contributed by atoms with Crippen molar-refractivity contribution in [1.82, 2.24) is 4.90 Å². The lowest BCUT2D eigenvalue weighted by molar-refractivity contribution is -0.118. The number of hydrogen-bond acceptors (Lipinski definition) is 4. The summed E-state index contributed by atoms with van der Waals surface area (Å²) in [6.45, 7) is 7.44. The van der Waals surface area contributed by atoms with Gasteiger partial charge in [0.25, 0.3) is 0 Å². The molecule has 0 fully saturated rings. The summed E-state index contributed by atoms with van der Waals surface area (Å²) in [7, 11) is 3.11. The van der Waals surface area contributed by atoms with E-state index in [0.717, 1.165) is 6.29 Å². The van der Waals surface area contributed by atoms with E-state index in [4.69, 9.17) is 9.47 Å². The van der Waals surface area contributed by atoms with E-state index in [1.54, 1.807) is 41.9 Å². The fourth-order valence-electron chi connectivity index (χ4n) is 1.15. The van der Waals surface area contributed by atoms with Crippen LogP contribution in [0.2, 0.25) is 0 Å². The summed E-state index contributed by atoms with van der Waals surface area (Å²) in [6.07, 6.45) is 0.668. The summed E-state index contributed by atoms with van der Waals surface area (Å²) < 4.78 is 10.1. The minimum Gasteiger partial charge on any atom is -0.444 e. The highest BCUT2D eigenvalue weighted by Gasteiger charge is 2.34. The van der Waals surface area contributed by atoms with E-state index in [1.165, 1.54) is 4.90 Å². The van der Waals surface area contributed by atoms with Crippen molar-refractivity contribution in [1.29, 1.82) is 0 Å². The van der Waals surface area contributed by atoms with Crippen LogP contribution < -0.4 is 0 Å². The Kier molecular flexibility index (Phi) is 5.61. The van der Waals surface area contributed by atoms with Crippen molar-refractivity contribution in [2.24, 2.45) is 0 Å². The Balaban J connectivity index is 4.68. The van der Waals surface area contributed by atoms with Crippen LogP contribution in [0.15, 0.2) is 0 Å². The number of rotatable bonds is 5. The second kappa shape index (κ2) is 6.00. The lowest BCUT2D eigenvalue weighted by Crippen LogP contribution is -2.50. The summed E-state index contributed by atoms with van der Waals surface area (Å²) in [6, 6.07) is 0. The summed E-state index contributed by atoms with van der Waals surface area (Å²) >= 11 is 0. The van der Waals surface area contributed by atoms with Gasteiger partial charge in [-0.1, -0.05) is 0 Å². The summed E-state index contributed by atoms with van der Waals surface area (Å²) in [4.78, 5) is 24.3. The number of carbonyl (C=O) groups is 2. The second-order valence-corrected chi connectivity index (χ2v) is 5.26. The number of amides is 1. The standard InChI is InChI=1S/C12H23NO4/c1-11(2,3)17-10(15)13(5)12(4,9-14)7-8-16-6/h9H,7-8H2,1-6H3. The van der Waals surface area contributed by atoms with E-state index in [9.17, 15) is 9.59 Å². The third kappa shape index (κ3) is 5.17. The molecule has 1 unspecified atom stereocenters. The molecule has 0 bridgehead atoms. The van der Waals surface area contributed by atoms with E-state index < -0.39 is 17.2 Å². The maximum atomic E-state index is 11.8. The Morgan fingerprint density at radius 3 is 2.18 bits per heavy atom. The zero-order valence-corrected chi connectivity index (χ0v) is 11.6. The van der Waals surface area contributed by atoms with Crippen LogP contribution in [-0.4, -0.2) is 49.2 Å². The van der Waals surface area contributed by atoms with E-state index in [2.05, 4.69) is 0 Å². The van der Waals surface area contributed by atoms with Crippen LogP contribution in [0.4, 0.5) is 4.79 Å². The Bertz CT molecular complexity index is 272. The molecule has 0 saturated carbocycles. The topological polar surface area (TPSA) is 55.8 Å². The Labute approximate surface area is 103 Å². The maximum absolute atomic E-state index is 11.8. The smallest absolute Gasteiger partial charge is 0.410 e. The van der Waals surface area contributed by atoms with Gasteiger partial charge < -0.3 is 14.3 Å². The highest BCUT2D eigenvalue weighted by Crippen LogP contribution is 2.19. The molecule has 0 N–H and O–H groups in total. The van der Waals surface area contributed by atoms with Crippen LogP contribution in [-0.2, 0) is 14.3 Å². The number of aldehydes is 1. The molecule has 0 rings (SSSR count). The Hall–Kier alpha value is -1.10. The molecule has 0 radical (unpaired) electrons. The minimum absolute atomic E-state index is 0.405. The first-order valence-corrected chi connectivity index (χ1v) is 5.58. The molecule has 0 heterocycles. The average Bonchev–Trinajstić information content (AvgIpc) is 2.22. The zero-order chi connectivity index (χ0) is 13.7. The number of carbonyl (C=O) groups excluding carboxylic acids is 2. The molecular weight excluding hydrogens is 222 g/mol. The summed E-state index contributed by atoms with van der Waals surface area (Å²) in [5.41, 5.74) is -1.48. The van der Waals surface area contributed by atoms with Gasteiger partial charge >= 0.3 is 6.09 Å². The first-order valence-electron chi connectivity index (χ1n) is 5.58. The molecule has 0 saturated heterocycles. The van der Waals surface area contributed by atoms with Gasteiger partial charge in [0.15, 0.2) is 0 Å². The zero-order valence-electron chi connectivity index (χ0n) is 11.6. The molecule has 5 nitrogen and oxygen atoms in total. The van der Waals surface area contributed by atoms with Gasteiger partial charge in [0.2, 0.25) is 0 Å². The van der Waals surface area contributed by atoms with E-state index in [0.29, 0.717) is 13.0 Å². The quantitative estimate of drug-likeness (QED) is 0.694. The molecule has 1 atom stereocenters. The predicted molar refractivity (Wildman–Crippen MR) is 65.0 cm³/mol. The normalized spacial score (nSPS) is 14.9. The monoisotopic (exact) mass is 245 g/mol. The van der Waals surface area contributed by atoms with Crippen molar-refractivity contribution in [2.75, 3.05) is 20.8 Å². The second-order valence-electron chi connectivity index (χ2n) is 5.26. The van der Waals surface area contributed by atoms with Crippen LogP contribution in [0, 0.1) is 0 Å². The number of ether oxygens (including phenoxy) is 2. The maximum Gasteiger partial charge on any atom is 0.410 e. The van der Waals surface area contributed by atoms with E-state index in [-0.39, 0.29) is 0 Å². The van der Waals surface area contributed by atoms with Gasteiger partial charge in [-0.2, -0.15) is 0 Å². The highest BCUT2D eigenvalue weighted by molar-refractivity contribution is 5.76. The van der Waals surface area contributed by atoms with Crippen LogP contribution in [0.3, 0.4) is 0 Å². The number of likely N-dealkylation sites (N-methyl/N-ethyl adjacent to an activating group) is 1. The molecule has 0 aromatic rings. The van der Waals surface area contributed by atoms with Crippen molar-refractivity contribution >= 4 is 12.4 Å². The van der Waals surface area contributed by atoms with Crippen molar-refractivity contribution < 1.29 is 19.1 Å². The van der Waals surface area contributed by atoms with Gasteiger partial charge in [0, 0.05) is 27.2 Å². The molecule has 0 aromatic carbocycles. The molecule has 17 heavy (non-hydrogen) atoms. The summed E-state index contributed by atoms with van der Waals surface area (Å²) in [5.74, 6) is 0. The number of methoxy groups -OCH3 is 1. The fourth-order valence-corrected chi connectivity index (χ4v) is 1.15. The molecular formula is C12H23NO4. The molecule has 100 valence electrons. The third-order valence-electron chi connectivity index (χ3n) is 2.50. The predicted octanol–water partition coefficient (Wildman–Crippen LogP) is 1.85. The molecule has 0 spiro atoms. The first-order chi connectivity index (χ1) is 7.66. The fraction of sp³-hybridized carbons (Fsp3) is 0.833. The van der Waals surface area contributed by atoms with Crippen molar-refractivity contribution in [3.63, 3.8) is 0 Å². The molecule has 0 aliphatic heterocycles. The Morgan fingerprint density at radius 2 is 1.82 bits per heavy atom. The minimum atomic E-state index is -0.904. The Morgan fingerprint density at radius 1 is 1.29 bits per heavy atom.